The normalized spacial score (nSPS) is 11.8. The van der Waals surface area contributed by atoms with Gasteiger partial charge in [0.25, 0.3) is 0 Å². The van der Waals surface area contributed by atoms with E-state index in [1.165, 1.54) is 5.56 Å². The molecule has 1 N–H and O–H groups in total. The molecule has 0 saturated heterocycles. The van der Waals surface area contributed by atoms with Gasteiger partial charge in [-0.15, -0.1) is 11.3 Å². The van der Waals surface area contributed by atoms with E-state index >= 15 is 0 Å². The van der Waals surface area contributed by atoms with Crippen LogP contribution in [0.2, 0.25) is 0 Å². The number of amides is 1. The lowest BCUT2D eigenvalue weighted by Crippen LogP contribution is -2.44. The van der Waals surface area contributed by atoms with Gasteiger partial charge in [-0.05, 0) is 67.6 Å². The molecule has 0 aliphatic heterocycles. The lowest BCUT2D eigenvalue weighted by Gasteiger charge is -2.30. The summed E-state index contributed by atoms with van der Waals surface area (Å²) in [5, 5.41) is 5.47. The molecular weight excluding hydrogens is 352 g/mol. The van der Waals surface area contributed by atoms with Gasteiger partial charge in [0, 0.05) is 25.7 Å². The lowest BCUT2D eigenvalue weighted by molar-refractivity contribution is 0.0193. The fourth-order valence-electron chi connectivity index (χ4n) is 1.75. The summed E-state index contributed by atoms with van der Waals surface area (Å²) in [6.07, 6.45) is -0.252. The number of hydrogen-bond acceptors (Lipinski definition) is 4. The van der Waals surface area contributed by atoms with E-state index in [0.29, 0.717) is 6.54 Å². The van der Waals surface area contributed by atoms with Crippen LogP contribution in [0.4, 0.5) is 4.79 Å². The molecule has 6 heteroatoms. The summed E-state index contributed by atoms with van der Waals surface area (Å²) in [5.74, 6) is 0. The average molecular weight is 377 g/mol. The molecule has 1 amide bonds. The van der Waals surface area contributed by atoms with E-state index in [-0.39, 0.29) is 12.1 Å². The number of thiophene rings is 1. The van der Waals surface area contributed by atoms with Gasteiger partial charge in [-0.2, -0.15) is 0 Å². The molecule has 1 rings (SSSR count). The largest absolute Gasteiger partial charge is 0.444 e. The predicted octanol–water partition coefficient (Wildman–Crippen LogP) is 4.25. The van der Waals surface area contributed by atoms with Crippen LogP contribution in [0.5, 0.6) is 0 Å². The molecule has 4 nitrogen and oxygen atoms in total. The van der Waals surface area contributed by atoms with Crippen LogP contribution in [-0.4, -0.2) is 35.7 Å². The molecule has 0 aliphatic rings. The number of nitrogens with zero attached hydrogens (tertiary/aromatic N) is 1. The lowest BCUT2D eigenvalue weighted by atomic mass is 10.2. The average Bonchev–Trinajstić information content (AvgIpc) is 2.71. The molecule has 1 heterocycles. The summed E-state index contributed by atoms with van der Waals surface area (Å²) >= 11 is 5.13. The molecule has 0 aromatic carbocycles. The molecule has 0 radical (unpaired) electrons. The standard InChI is InChI=1S/C15H25BrN2O2S/c1-11(2)18(14(19)20-15(3,4)5)7-6-17-9-12-8-13(16)21-10-12/h8,10-11,17H,6-7,9H2,1-5H3. The molecule has 0 spiro atoms. The minimum atomic E-state index is -0.458. The highest BCUT2D eigenvalue weighted by molar-refractivity contribution is 9.11. The van der Waals surface area contributed by atoms with Crippen molar-refractivity contribution < 1.29 is 9.53 Å². The number of nitrogens with one attached hydrogen (secondary N) is 1. The second-order valence-corrected chi connectivity index (χ2v) is 8.49. The van der Waals surface area contributed by atoms with Crippen LogP contribution < -0.4 is 5.32 Å². The van der Waals surface area contributed by atoms with Crippen LogP contribution in [0.15, 0.2) is 15.2 Å². The van der Waals surface area contributed by atoms with E-state index in [4.69, 9.17) is 4.74 Å². The molecule has 0 atom stereocenters. The molecule has 0 fully saturated rings. The Labute approximate surface area is 140 Å². The summed E-state index contributed by atoms with van der Waals surface area (Å²) in [4.78, 5) is 13.9. The number of rotatable bonds is 6. The van der Waals surface area contributed by atoms with E-state index in [0.717, 1.165) is 16.9 Å². The van der Waals surface area contributed by atoms with Crippen molar-refractivity contribution in [1.29, 1.82) is 0 Å². The number of halogens is 1. The van der Waals surface area contributed by atoms with Gasteiger partial charge in [0.1, 0.15) is 5.60 Å². The third-order valence-corrected chi connectivity index (χ3v) is 4.28. The first-order valence-corrected chi connectivity index (χ1v) is 8.79. The van der Waals surface area contributed by atoms with Crippen LogP contribution in [0.1, 0.15) is 40.2 Å². The second-order valence-electron chi connectivity index (χ2n) is 6.20. The summed E-state index contributed by atoms with van der Waals surface area (Å²) in [7, 11) is 0. The molecule has 0 bridgehead atoms. The molecule has 0 aliphatic carbocycles. The Morgan fingerprint density at radius 1 is 1.48 bits per heavy atom. The van der Waals surface area contributed by atoms with Gasteiger partial charge < -0.3 is 15.0 Å². The van der Waals surface area contributed by atoms with Crippen molar-refractivity contribution in [2.24, 2.45) is 0 Å². The van der Waals surface area contributed by atoms with Gasteiger partial charge in [-0.1, -0.05) is 0 Å². The summed E-state index contributed by atoms with van der Waals surface area (Å²) in [5.41, 5.74) is 0.792. The molecule has 1 aromatic heterocycles. The SMILES string of the molecule is CC(C)N(CCNCc1csc(Br)c1)C(=O)OC(C)(C)C. The maximum atomic E-state index is 12.1. The van der Waals surface area contributed by atoms with Gasteiger partial charge in [-0.3, -0.25) is 0 Å². The maximum absolute atomic E-state index is 12.1. The fourth-order valence-corrected chi connectivity index (χ4v) is 2.96. The van der Waals surface area contributed by atoms with Crippen molar-refractivity contribution in [3.8, 4) is 0 Å². The number of carbonyl (C=O) groups is 1. The molecule has 0 saturated carbocycles. The molecular formula is C15H25BrN2O2S. The Morgan fingerprint density at radius 3 is 2.62 bits per heavy atom. The van der Waals surface area contributed by atoms with Crippen molar-refractivity contribution in [1.82, 2.24) is 10.2 Å². The zero-order chi connectivity index (χ0) is 16.0. The quantitative estimate of drug-likeness (QED) is 0.754. The van der Waals surface area contributed by atoms with E-state index in [9.17, 15) is 4.79 Å². The Bertz CT molecular complexity index is 455. The van der Waals surface area contributed by atoms with Crippen molar-refractivity contribution in [2.45, 2.75) is 52.8 Å². The predicted molar refractivity (Wildman–Crippen MR) is 91.8 cm³/mol. The molecule has 21 heavy (non-hydrogen) atoms. The Kier molecular flexibility index (Phi) is 7.16. The first-order chi connectivity index (χ1) is 9.69. The van der Waals surface area contributed by atoms with Gasteiger partial charge in [-0.25, -0.2) is 4.79 Å². The Morgan fingerprint density at radius 2 is 2.14 bits per heavy atom. The molecule has 0 unspecified atom stereocenters. The first-order valence-electron chi connectivity index (χ1n) is 7.12. The van der Waals surface area contributed by atoms with Crippen LogP contribution in [0, 0.1) is 0 Å². The van der Waals surface area contributed by atoms with Crippen LogP contribution in [0.3, 0.4) is 0 Å². The van der Waals surface area contributed by atoms with Crippen LogP contribution >= 0.6 is 27.3 Å². The van der Waals surface area contributed by atoms with E-state index in [2.05, 4.69) is 32.7 Å². The number of hydrogen-bond donors (Lipinski definition) is 1. The topological polar surface area (TPSA) is 41.6 Å². The minimum absolute atomic E-state index is 0.122. The number of ether oxygens (including phenoxy) is 1. The fraction of sp³-hybridized carbons (Fsp3) is 0.667. The van der Waals surface area contributed by atoms with Crippen LogP contribution in [0.25, 0.3) is 0 Å². The third-order valence-electron chi connectivity index (χ3n) is 2.73. The number of carbonyl (C=O) groups excluding carboxylic acids is 1. The van der Waals surface area contributed by atoms with E-state index in [1.807, 2.05) is 34.6 Å². The Balaban J connectivity index is 2.39. The Hall–Kier alpha value is -0.590. The minimum Gasteiger partial charge on any atom is -0.444 e. The highest BCUT2D eigenvalue weighted by atomic mass is 79.9. The van der Waals surface area contributed by atoms with Gasteiger partial charge in [0.05, 0.1) is 3.79 Å². The zero-order valence-electron chi connectivity index (χ0n) is 13.4. The van der Waals surface area contributed by atoms with Crippen molar-refractivity contribution in [3.63, 3.8) is 0 Å². The van der Waals surface area contributed by atoms with Gasteiger partial charge in [0.15, 0.2) is 0 Å². The van der Waals surface area contributed by atoms with Gasteiger partial charge >= 0.3 is 6.09 Å². The molecule has 120 valence electrons. The van der Waals surface area contributed by atoms with Crippen molar-refractivity contribution >= 4 is 33.4 Å². The monoisotopic (exact) mass is 376 g/mol. The smallest absolute Gasteiger partial charge is 0.410 e. The van der Waals surface area contributed by atoms with E-state index < -0.39 is 5.60 Å². The third kappa shape index (κ3) is 7.29. The summed E-state index contributed by atoms with van der Waals surface area (Å²) < 4.78 is 6.57. The highest BCUT2D eigenvalue weighted by Gasteiger charge is 2.23. The highest BCUT2D eigenvalue weighted by Crippen LogP contribution is 2.20. The zero-order valence-corrected chi connectivity index (χ0v) is 15.8. The first kappa shape index (κ1) is 18.5. The van der Waals surface area contributed by atoms with Crippen LogP contribution in [-0.2, 0) is 11.3 Å². The van der Waals surface area contributed by atoms with E-state index in [1.54, 1.807) is 16.2 Å². The molecule has 1 aromatic rings. The maximum Gasteiger partial charge on any atom is 0.410 e. The summed E-state index contributed by atoms with van der Waals surface area (Å²) in [6, 6.07) is 2.23. The second kappa shape index (κ2) is 8.15. The van der Waals surface area contributed by atoms with Gasteiger partial charge in [0.2, 0.25) is 0 Å². The van der Waals surface area contributed by atoms with Crippen molar-refractivity contribution in [2.75, 3.05) is 13.1 Å². The van der Waals surface area contributed by atoms with Crippen molar-refractivity contribution in [3.05, 3.63) is 20.8 Å². The summed E-state index contributed by atoms with van der Waals surface area (Å²) in [6.45, 7) is 11.8.